The van der Waals surface area contributed by atoms with E-state index in [0.29, 0.717) is 0 Å². The zero-order chi connectivity index (χ0) is 14.5. The quantitative estimate of drug-likeness (QED) is 0.668. The largest absolute Gasteiger partial charge is 0.313 e. The Morgan fingerprint density at radius 3 is 2.67 bits per heavy atom. The summed E-state index contributed by atoms with van der Waals surface area (Å²) in [6, 6.07) is 16.0. The minimum atomic E-state index is 0.719. The molecule has 0 unspecified atom stereocenters. The molecule has 0 radical (unpaired) electrons. The zero-order valence-electron chi connectivity index (χ0n) is 11.5. The lowest BCUT2D eigenvalue weighted by Crippen LogP contribution is -2.14. The van der Waals surface area contributed by atoms with Crippen molar-refractivity contribution in [3.05, 3.63) is 77.6 Å². The molecule has 0 spiro atoms. The van der Waals surface area contributed by atoms with Gasteiger partial charge < -0.3 is 4.57 Å². The van der Waals surface area contributed by atoms with Crippen molar-refractivity contribution in [3.63, 3.8) is 0 Å². The smallest absolute Gasteiger partial charge is 0.192 e. The highest BCUT2D eigenvalue weighted by Crippen LogP contribution is 2.20. The second-order valence-corrected chi connectivity index (χ2v) is 5.31. The Kier molecular flexibility index (Phi) is 4.07. The van der Waals surface area contributed by atoms with E-state index < -0.39 is 0 Å². The number of hydrogen-bond acceptors (Lipinski definition) is 3. The summed E-state index contributed by atoms with van der Waals surface area (Å²) in [5.41, 5.74) is 2.33. The molecule has 0 aliphatic rings. The fourth-order valence-electron chi connectivity index (χ4n) is 2.08. The molecule has 4 heteroatoms. The molecule has 0 bridgehead atoms. The number of benzene rings is 1. The predicted octanol–water partition coefficient (Wildman–Crippen LogP) is 4.03. The highest BCUT2D eigenvalue weighted by Gasteiger charge is 2.06. The second-order valence-electron chi connectivity index (χ2n) is 4.47. The van der Waals surface area contributed by atoms with Crippen LogP contribution in [0.1, 0.15) is 0 Å². The van der Waals surface area contributed by atoms with E-state index in [0.717, 1.165) is 22.9 Å². The van der Waals surface area contributed by atoms with Crippen LogP contribution >= 0.6 is 11.3 Å². The maximum absolute atomic E-state index is 4.63. The van der Waals surface area contributed by atoms with Gasteiger partial charge in [0.25, 0.3) is 0 Å². The summed E-state index contributed by atoms with van der Waals surface area (Å²) in [6.45, 7) is 4.57. The molecule has 1 aromatic carbocycles. The molecule has 0 N–H and O–H groups in total. The molecular weight excluding hydrogens is 278 g/mol. The molecule has 0 saturated carbocycles. The molecule has 0 aliphatic carbocycles. The van der Waals surface area contributed by atoms with Crippen LogP contribution < -0.4 is 4.80 Å². The van der Waals surface area contributed by atoms with Gasteiger partial charge in [-0.25, -0.2) is 9.98 Å². The molecule has 2 heterocycles. The first-order valence-corrected chi connectivity index (χ1v) is 7.57. The van der Waals surface area contributed by atoms with E-state index in [-0.39, 0.29) is 0 Å². The van der Waals surface area contributed by atoms with Crippen molar-refractivity contribution in [2.75, 3.05) is 0 Å². The van der Waals surface area contributed by atoms with Gasteiger partial charge in [-0.05, 0) is 17.7 Å². The maximum Gasteiger partial charge on any atom is 0.192 e. The Bertz CT molecular complexity index is 786. The minimum Gasteiger partial charge on any atom is -0.313 e. The van der Waals surface area contributed by atoms with Gasteiger partial charge in [-0.3, -0.25) is 0 Å². The molecule has 3 nitrogen and oxygen atoms in total. The van der Waals surface area contributed by atoms with Crippen molar-refractivity contribution < 1.29 is 0 Å². The lowest BCUT2D eigenvalue weighted by molar-refractivity contribution is 0.799. The number of allylic oxidation sites excluding steroid dienone is 1. The Hall–Kier alpha value is -2.46. The van der Waals surface area contributed by atoms with Crippen molar-refractivity contribution in [2.24, 2.45) is 4.99 Å². The topological polar surface area (TPSA) is 30.2 Å². The van der Waals surface area contributed by atoms with Gasteiger partial charge in [0.2, 0.25) is 0 Å². The van der Waals surface area contributed by atoms with Gasteiger partial charge in [0.05, 0.1) is 5.69 Å². The van der Waals surface area contributed by atoms with E-state index in [1.165, 1.54) is 5.56 Å². The third-order valence-corrected chi connectivity index (χ3v) is 3.90. The molecule has 0 atom stereocenters. The fourth-order valence-corrected chi connectivity index (χ4v) is 3.01. The summed E-state index contributed by atoms with van der Waals surface area (Å²) in [4.78, 5) is 9.81. The number of rotatable bonds is 4. The summed E-state index contributed by atoms with van der Waals surface area (Å²) in [5.74, 6) is 0.719. The Balaban J connectivity index is 2.13. The van der Waals surface area contributed by atoms with Crippen molar-refractivity contribution in [1.29, 1.82) is 0 Å². The number of aromatic nitrogens is 2. The van der Waals surface area contributed by atoms with E-state index in [2.05, 4.69) is 38.6 Å². The first-order valence-electron chi connectivity index (χ1n) is 6.69. The van der Waals surface area contributed by atoms with Gasteiger partial charge in [-0.1, -0.05) is 42.5 Å². The van der Waals surface area contributed by atoms with E-state index >= 15 is 0 Å². The van der Waals surface area contributed by atoms with Gasteiger partial charge in [0.1, 0.15) is 0 Å². The summed E-state index contributed by atoms with van der Waals surface area (Å²) >= 11 is 1.61. The fraction of sp³-hybridized carbons (Fsp3) is 0.0588. The van der Waals surface area contributed by atoms with Crippen LogP contribution in [0.4, 0.5) is 5.82 Å². The van der Waals surface area contributed by atoms with Gasteiger partial charge in [0.15, 0.2) is 10.6 Å². The van der Waals surface area contributed by atoms with Crippen LogP contribution in [0.2, 0.25) is 0 Å². The molecule has 21 heavy (non-hydrogen) atoms. The highest BCUT2D eigenvalue weighted by molar-refractivity contribution is 7.07. The molecule has 3 aromatic rings. The van der Waals surface area contributed by atoms with E-state index in [9.17, 15) is 0 Å². The minimum absolute atomic E-state index is 0.719. The SMILES string of the molecule is C=CCn1c(-c2ccccc2)cs/c1=N\c1ccccn1. The van der Waals surface area contributed by atoms with Crippen molar-refractivity contribution in [1.82, 2.24) is 9.55 Å². The van der Waals surface area contributed by atoms with Crippen LogP contribution in [0.3, 0.4) is 0 Å². The lowest BCUT2D eigenvalue weighted by atomic mass is 10.2. The normalized spacial score (nSPS) is 11.5. The third kappa shape index (κ3) is 3.01. The van der Waals surface area contributed by atoms with E-state index in [4.69, 9.17) is 0 Å². The summed E-state index contributed by atoms with van der Waals surface area (Å²) < 4.78 is 2.15. The first kappa shape index (κ1) is 13.5. The number of nitrogens with zero attached hydrogens (tertiary/aromatic N) is 3. The standard InChI is InChI=1S/C17H15N3S/c1-2-12-20-15(14-8-4-3-5-9-14)13-21-17(20)19-16-10-6-7-11-18-16/h2-11,13H,1,12H2/b19-17-. The third-order valence-electron chi connectivity index (χ3n) is 3.04. The van der Waals surface area contributed by atoms with Crippen molar-refractivity contribution >= 4 is 17.2 Å². The maximum atomic E-state index is 4.63. The highest BCUT2D eigenvalue weighted by atomic mass is 32.1. The predicted molar refractivity (Wildman–Crippen MR) is 87.4 cm³/mol. The molecule has 0 fully saturated rings. The number of pyridine rings is 1. The first-order chi connectivity index (χ1) is 10.4. The van der Waals surface area contributed by atoms with Gasteiger partial charge in [-0.15, -0.1) is 17.9 Å². The average Bonchev–Trinajstić information content (AvgIpc) is 2.92. The molecule has 0 aliphatic heterocycles. The van der Waals surface area contributed by atoms with Crippen LogP contribution in [-0.4, -0.2) is 9.55 Å². The van der Waals surface area contributed by atoms with Crippen LogP contribution in [0.5, 0.6) is 0 Å². The Labute approximate surface area is 127 Å². The van der Waals surface area contributed by atoms with Crippen LogP contribution in [-0.2, 0) is 6.54 Å². The van der Waals surface area contributed by atoms with E-state index in [1.54, 1.807) is 17.5 Å². The second kappa shape index (κ2) is 6.33. The lowest BCUT2D eigenvalue weighted by Gasteiger charge is -2.06. The molecular formula is C17H15N3S. The monoisotopic (exact) mass is 293 g/mol. The van der Waals surface area contributed by atoms with Crippen LogP contribution in [0.15, 0.2) is 77.8 Å². The number of thiazole rings is 1. The van der Waals surface area contributed by atoms with Gasteiger partial charge in [-0.2, -0.15) is 0 Å². The number of hydrogen-bond donors (Lipinski definition) is 0. The Morgan fingerprint density at radius 2 is 1.95 bits per heavy atom. The van der Waals surface area contributed by atoms with Crippen molar-refractivity contribution in [3.8, 4) is 11.3 Å². The zero-order valence-corrected chi connectivity index (χ0v) is 12.3. The molecule has 0 amide bonds. The summed E-state index contributed by atoms with van der Waals surface area (Å²) in [6.07, 6.45) is 3.64. The molecule has 2 aromatic heterocycles. The Morgan fingerprint density at radius 1 is 1.14 bits per heavy atom. The van der Waals surface area contributed by atoms with Crippen LogP contribution in [0, 0.1) is 0 Å². The van der Waals surface area contributed by atoms with Crippen LogP contribution in [0.25, 0.3) is 11.3 Å². The summed E-state index contributed by atoms with van der Waals surface area (Å²) in [7, 11) is 0. The summed E-state index contributed by atoms with van der Waals surface area (Å²) in [5, 5.41) is 2.13. The van der Waals surface area contributed by atoms with Gasteiger partial charge >= 0.3 is 0 Å². The molecule has 0 saturated heterocycles. The van der Waals surface area contributed by atoms with Gasteiger partial charge in [0, 0.05) is 18.1 Å². The molecule has 3 rings (SSSR count). The average molecular weight is 293 g/mol. The van der Waals surface area contributed by atoms with Crippen molar-refractivity contribution in [2.45, 2.75) is 6.54 Å². The molecule has 104 valence electrons. The van der Waals surface area contributed by atoms with E-state index in [1.807, 2.05) is 42.5 Å².